The molecule has 0 unspecified atom stereocenters. The zero-order chi connectivity index (χ0) is 14.0. The SMILES string of the molecule is [C-]#N.[C-]#N.[C-]#N.[C-]#N.[C-]#N.[C-]#N.[Fe]=[Ni].[Ni+2]. The molecule has 0 bridgehead atoms. The van der Waals surface area contributed by atoms with E-state index < -0.39 is 0 Å². The van der Waals surface area contributed by atoms with Crippen LogP contribution in [-0.2, 0) is 43.4 Å². The molecule has 0 aromatic carbocycles. The van der Waals surface area contributed by atoms with Crippen LogP contribution in [0.5, 0.6) is 0 Å². The first kappa shape index (κ1) is 70.2. The minimum atomic E-state index is 0. The first-order valence-electron chi connectivity index (χ1n) is 1.45. The van der Waals surface area contributed by atoms with Gasteiger partial charge < -0.3 is 71.0 Å². The van der Waals surface area contributed by atoms with Crippen molar-refractivity contribution < 1.29 is 43.4 Å². The van der Waals surface area contributed by atoms with Gasteiger partial charge in [-0.2, -0.15) is 0 Å². The van der Waals surface area contributed by atoms with Gasteiger partial charge in [0.25, 0.3) is 0 Å². The fourth-order valence-corrected chi connectivity index (χ4v) is 0. The van der Waals surface area contributed by atoms with Crippen molar-refractivity contribution in [2.75, 3.05) is 0 Å². The van der Waals surface area contributed by atoms with Gasteiger partial charge in [-0.1, -0.05) is 0 Å². The molecule has 0 aliphatic carbocycles. The van der Waals surface area contributed by atoms with Gasteiger partial charge in [-0.25, -0.2) is 0 Å². The van der Waals surface area contributed by atoms with Crippen molar-refractivity contribution in [3.05, 3.63) is 39.4 Å². The van der Waals surface area contributed by atoms with E-state index in [1.807, 2.05) is 0 Å². The molecule has 0 heterocycles. The number of hydrogen-bond donors (Lipinski definition) is 0. The summed E-state index contributed by atoms with van der Waals surface area (Å²) < 4.78 is 0. The molecular formula is C6FeN6Ni2-4. The molecule has 0 spiro atoms. The zero-order valence-electron chi connectivity index (χ0n) is 6.67. The quantitative estimate of drug-likeness (QED) is 0.469. The number of rotatable bonds is 0. The molecule has 86 valence electrons. The van der Waals surface area contributed by atoms with Crippen LogP contribution in [0.3, 0.4) is 0 Å². The second-order valence-electron chi connectivity index (χ2n) is 0. The Morgan fingerprint density at radius 1 is 0.467 bits per heavy atom. The summed E-state index contributed by atoms with van der Waals surface area (Å²) in [6, 6.07) is 0. The van der Waals surface area contributed by atoms with E-state index in [1.54, 1.807) is 0 Å². The summed E-state index contributed by atoms with van der Waals surface area (Å²) in [6.45, 7) is 28.5. The molecule has 0 aliphatic heterocycles. The zero-order valence-corrected chi connectivity index (χ0v) is 9.75. The first-order valence-corrected chi connectivity index (χ1v) is 3.24. The minimum Gasteiger partial charge on any atom is 2.00 e. The second-order valence-corrected chi connectivity index (χ2v) is 0. The molecule has 0 aromatic heterocycles. The Balaban J connectivity index is -0.00000000628. The molecule has 0 amide bonds. The molecule has 0 saturated heterocycles. The molecule has 0 saturated carbocycles. The van der Waals surface area contributed by atoms with Crippen LogP contribution in [0.15, 0.2) is 0 Å². The van der Waals surface area contributed by atoms with Crippen molar-refractivity contribution in [1.82, 2.24) is 0 Å². The summed E-state index contributed by atoms with van der Waals surface area (Å²) in [7, 11) is 0. The Bertz CT molecular complexity index is 112. The second kappa shape index (κ2) is 676. The van der Waals surface area contributed by atoms with Crippen LogP contribution in [0, 0.1) is 71.0 Å². The molecule has 0 aromatic rings. The van der Waals surface area contributed by atoms with E-state index in [9.17, 15) is 0 Å². The maximum Gasteiger partial charge on any atom is 2.00 e. The van der Waals surface area contributed by atoms with Crippen molar-refractivity contribution in [3.8, 4) is 0 Å². The fourth-order valence-electron chi connectivity index (χ4n) is 0. The van der Waals surface area contributed by atoms with Crippen molar-refractivity contribution in [3.63, 3.8) is 0 Å². The van der Waals surface area contributed by atoms with Gasteiger partial charge >= 0.3 is 43.4 Å². The molecular weight excluding hydrogens is 329 g/mol. The Kier molecular flexibility index (Phi) is 3160. The Hall–Kier alpha value is -1.55. The van der Waals surface area contributed by atoms with Crippen molar-refractivity contribution in [1.29, 1.82) is 31.6 Å². The number of nitrogens with zero attached hydrogens (tertiary/aromatic N) is 6. The van der Waals surface area contributed by atoms with E-state index in [0.29, 0.717) is 0 Å². The summed E-state index contributed by atoms with van der Waals surface area (Å²) in [6.07, 6.45) is 0. The van der Waals surface area contributed by atoms with Crippen LogP contribution in [0.25, 0.3) is 0 Å². The standard InChI is InChI=1S/6CN.Fe.2Ni/c6*1-2;;;/q6*-1;;;+2. The first-order chi connectivity index (χ1) is 7.00. The summed E-state index contributed by atoms with van der Waals surface area (Å²) in [4.78, 5) is 0. The van der Waals surface area contributed by atoms with E-state index >= 15 is 0 Å². The van der Waals surface area contributed by atoms with E-state index in [-0.39, 0.29) is 16.5 Å². The van der Waals surface area contributed by atoms with Gasteiger partial charge in [-0.15, -0.1) is 0 Å². The third-order valence-corrected chi connectivity index (χ3v) is 0. The third kappa shape index (κ3) is 563. The molecule has 0 N–H and O–H groups in total. The molecule has 9 heteroatoms. The van der Waals surface area contributed by atoms with Crippen molar-refractivity contribution >= 4 is 0 Å². The van der Waals surface area contributed by atoms with Crippen LogP contribution >= 0.6 is 0 Å². The van der Waals surface area contributed by atoms with E-state index in [4.69, 9.17) is 71.0 Å². The fraction of sp³-hybridized carbons (Fsp3) is 0. The predicted octanol–water partition coefficient (Wildman–Crippen LogP) is 0.571. The van der Waals surface area contributed by atoms with Crippen LogP contribution in [0.1, 0.15) is 0 Å². The Morgan fingerprint density at radius 2 is 0.467 bits per heavy atom. The monoisotopic (exact) mass is 328 g/mol. The molecule has 0 rings (SSSR count). The van der Waals surface area contributed by atoms with Gasteiger partial charge in [0, 0.05) is 0 Å². The van der Waals surface area contributed by atoms with Crippen LogP contribution in [-0.4, -0.2) is 0 Å². The van der Waals surface area contributed by atoms with E-state index in [0.717, 1.165) is 0 Å². The molecule has 0 aliphatic rings. The van der Waals surface area contributed by atoms with Crippen LogP contribution in [0.4, 0.5) is 0 Å². The maximum atomic E-state index is 6.25. The van der Waals surface area contributed by atoms with Gasteiger partial charge in [0.05, 0.1) is 0 Å². The topological polar surface area (TPSA) is 143 Å². The average molecular weight is 329 g/mol. The summed E-state index contributed by atoms with van der Waals surface area (Å²) >= 11 is 6.50. The van der Waals surface area contributed by atoms with Gasteiger partial charge in [0.15, 0.2) is 0 Å². The average Bonchev–Trinajstić information content (AvgIpc) is 2.45. The number of hydrogen-bond acceptors (Lipinski definition) is 6. The van der Waals surface area contributed by atoms with Crippen molar-refractivity contribution in [2.24, 2.45) is 0 Å². The molecule has 0 fully saturated rings. The maximum absolute atomic E-state index is 6.25. The van der Waals surface area contributed by atoms with E-state index in [2.05, 4.69) is 26.9 Å². The van der Waals surface area contributed by atoms with Crippen LogP contribution in [0.2, 0.25) is 0 Å². The normalized spacial score (nSPS) is 1.27. The van der Waals surface area contributed by atoms with Crippen molar-refractivity contribution in [2.45, 2.75) is 0 Å². The minimum absolute atomic E-state index is 0. The smallest absolute Gasteiger partial charge is 2.00 e. The third-order valence-electron chi connectivity index (χ3n) is 0. The van der Waals surface area contributed by atoms with Gasteiger partial charge in [-0.3, -0.25) is 0 Å². The van der Waals surface area contributed by atoms with Gasteiger partial charge in [0.1, 0.15) is 0 Å². The Labute approximate surface area is 114 Å². The molecule has 6 nitrogen and oxygen atoms in total. The van der Waals surface area contributed by atoms with E-state index in [1.165, 1.54) is 0 Å². The largest absolute Gasteiger partial charge is 2.00 e. The summed E-state index contributed by atoms with van der Waals surface area (Å²) in [5.41, 5.74) is 0. The summed E-state index contributed by atoms with van der Waals surface area (Å²) in [5, 5.41) is 37.5. The molecule has 0 atom stereocenters. The van der Waals surface area contributed by atoms with Gasteiger partial charge in [-0.05, 0) is 0 Å². The molecule has 0 radical (unpaired) electrons. The van der Waals surface area contributed by atoms with Gasteiger partial charge in [0.2, 0.25) is 0 Å². The summed E-state index contributed by atoms with van der Waals surface area (Å²) in [5.74, 6) is 0. The predicted molar refractivity (Wildman–Crippen MR) is 29.8 cm³/mol. The van der Waals surface area contributed by atoms with Crippen LogP contribution < -0.4 is 0 Å². The molecule has 15 heavy (non-hydrogen) atoms. The Morgan fingerprint density at radius 3 is 0.467 bits per heavy atom.